The van der Waals surface area contributed by atoms with Crippen LogP contribution in [0.3, 0.4) is 0 Å². The van der Waals surface area contributed by atoms with Gasteiger partial charge in [0.2, 0.25) is 12.7 Å². The number of rotatable bonds is 1. The van der Waals surface area contributed by atoms with Crippen molar-refractivity contribution >= 4 is 5.91 Å². The second-order valence-corrected chi connectivity index (χ2v) is 6.40. The summed E-state index contributed by atoms with van der Waals surface area (Å²) >= 11 is 0. The van der Waals surface area contributed by atoms with Gasteiger partial charge in [0.1, 0.15) is 0 Å². The predicted molar refractivity (Wildman–Crippen MR) is 82.3 cm³/mol. The molecule has 4 aliphatic rings. The van der Waals surface area contributed by atoms with Crippen LogP contribution in [0.1, 0.15) is 17.5 Å². The third kappa shape index (κ3) is 1.58. The molecule has 5 nitrogen and oxygen atoms in total. The molecule has 2 atom stereocenters. The Morgan fingerprint density at radius 3 is 2.96 bits per heavy atom. The molecule has 1 spiro atoms. The maximum atomic E-state index is 12.5. The lowest BCUT2D eigenvalue weighted by Gasteiger charge is -2.48. The molecular weight excluding hydrogens is 294 g/mol. The van der Waals surface area contributed by atoms with Crippen LogP contribution in [-0.4, -0.2) is 37.4 Å². The lowest BCUT2D eigenvalue weighted by Crippen LogP contribution is -2.52. The maximum Gasteiger partial charge on any atom is 0.247 e. The Labute approximate surface area is 134 Å². The molecule has 0 unspecified atom stereocenters. The molecule has 1 aromatic carbocycles. The van der Waals surface area contributed by atoms with Crippen LogP contribution in [0, 0.1) is 0 Å². The molecule has 5 rings (SSSR count). The number of methoxy groups -OCH3 is 1. The maximum absolute atomic E-state index is 12.5. The zero-order valence-electron chi connectivity index (χ0n) is 12.9. The SMILES string of the molecule is CO[C@H]1C=CC2=CC(=O)N3CCc4cc5c(cc4[C@]23C1)OCO5. The molecule has 0 saturated heterocycles. The number of hydrogen-bond acceptors (Lipinski definition) is 4. The quantitative estimate of drug-likeness (QED) is 0.795. The van der Waals surface area contributed by atoms with Crippen LogP contribution in [0.4, 0.5) is 0 Å². The minimum atomic E-state index is -0.429. The topological polar surface area (TPSA) is 48.0 Å². The Balaban J connectivity index is 1.75. The molecule has 1 aromatic rings. The second-order valence-electron chi connectivity index (χ2n) is 6.40. The van der Waals surface area contributed by atoms with E-state index in [1.165, 1.54) is 5.56 Å². The first-order chi connectivity index (χ1) is 11.2. The summed E-state index contributed by atoms with van der Waals surface area (Å²) < 4.78 is 16.7. The van der Waals surface area contributed by atoms with E-state index in [0.29, 0.717) is 0 Å². The van der Waals surface area contributed by atoms with E-state index in [1.807, 2.05) is 17.1 Å². The van der Waals surface area contributed by atoms with Crippen molar-refractivity contribution in [2.24, 2.45) is 0 Å². The monoisotopic (exact) mass is 311 g/mol. The van der Waals surface area contributed by atoms with Crippen molar-refractivity contribution in [3.05, 3.63) is 47.1 Å². The molecule has 0 N–H and O–H groups in total. The first-order valence-corrected chi connectivity index (χ1v) is 7.90. The van der Waals surface area contributed by atoms with Gasteiger partial charge in [-0.15, -0.1) is 0 Å². The van der Waals surface area contributed by atoms with Gasteiger partial charge in [0.05, 0.1) is 11.6 Å². The fourth-order valence-electron chi connectivity index (χ4n) is 4.34. The Morgan fingerprint density at radius 1 is 1.30 bits per heavy atom. The Hall–Kier alpha value is -2.27. The number of benzene rings is 1. The molecule has 3 aliphatic heterocycles. The van der Waals surface area contributed by atoms with Gasteiger partial charge in [-0.2, -0.15) is 0 Å². The van der Waals surface area contributed by atoms with Crippen molar-refractivity contribution in [1.29, 1.82) is 0 Å². The van der Waals surface area contributed by atoms with Gasteiger partial charge in [0.15, 0.2) is 11.5 Å². The predicted octanol–water partition coefficient (Wildman–Crippen LogP) is 1.91. The van der Waals surface area contributed by atoms with Crippen LogP contribution >= 0.6 is 0 Å². The van der Waals surface area contributed by atoms with Crippen LogP contribution < -0.4 is 9.47 Å². The number of carbonyl (C=O) groups excluding carboxylic acids is 1. The minimum absolute atomic E-state index is 0.00285. The number of hydrogen-bond donors (Lipinski definition) is 0. The van der Waals surface area contributed by atoms with Gasteiger partial charge < -0.3 is 19.1 Å². The Morgan fingerprint density at radius 2 is 2.13 bits per heavy atom. The molecule has 0 bridgehead atoms. The van der Waals surface area contributed by atoms with Crippen LogP contribution in [0.25, 0.3) is 0 Å². The molecule has 118 valence electrons. The average Bonchev–Trinajstić information content (AvgIpc) is 3.13. The van der Waals surface area contributed by atoms with Crippen LogP contribution in [0.15, 0.2) is 35.9 Å². The number of amides is 1. The minimum Gasteiger partial charge on any atom is -0.454 e. The van der Waals surface area contributed by atoms with Gasteiger partial charge in [-0.05, 0) is 35.3 Å². The van der Waals surface area contributed by atoms with E-state index in [-0.39, 0.29) is 18.8 Å². The first kappa shape index (κ1) is 13.2. The van der Waals surface area contributed by atoms with Crippen molar-refractivity contribution in [2.75, 3.05) is 20.4 Å². The Kier molecular flexibility index (Phi) is 2.52. The standard InChI is InChI=1S/C18H17NO4/c1-21-13-3-2-12-7-17(20)19-5-4-11-6-15-16(23-10-22-15)8-14(11)18(12,19)9-13/h2-3,6-8,13H,4-5,9-10H2,1H3/t13-,18-/m0/s1. The van der Waals surface area contributed by atoms with E-state index in [9.17, 15) is 4.79 Å². The third-order valence-electron chi connectivity index (χ3n) is 5.42. The summed E-state index contributed by atoms with van der Waals surface area (Å²) in [5.41, 5.74) is 3.00. The fraction of sp³-hybridized carbons (Fsp3) is 0.389. The molecular formula is C18H17NO4. The van der Waals surface area contributed by atoms with Gasteiger partial charge in [-0.3, -0.25) is 4.79 Å². The second kappa shape index (κ2) is 4.38. The summed E-state index contributed by atoms with van der Waals surface area (Å²) in [5, 5.41) is 0. The van der Waals surface area contributed by atoms with Crippen molar-refractivity contribution in [2.45, 2.75) is 24.5 Å². The van der Waals surface area contributed by atoms with Crippen LogP contribution in [0.5, 0.6) is 11.5 Å². The summed E-state index contributed by atoms with van der Waals surface area (Å²) in [4.78, 5) is 14.5. The van der Waals surface area contributed by atoms with E-state index in [1.54, 1.807) is 13.2 Å². The summed E-state index contributed by atoms with van der Waals surface area (Å²) in [7, 11) is 1.71. The summed E-state index contributed by atoms with van der Waals surface area (Å²) in [6.45, 7) is 0.979. The van der Waals surface area contributed by atoms with Crippen molar-refractivity contribution in [1.82, 2.24) is 4.90 Å². The first-order valence-electron chi connectivity index (χ1n) is 7.90. The highest BCUT2D eigenvalue weighted by atomic mass is 16.7. The molecule has 23 heavy (non-hydrogen) atoms. The Bertz CT molecular complexity index is 781. The van der Waals surface area contributed by atoms with E-state index in [4.69, 9.17) is 14.2 Å². The van der Waals surface area contributed by atoms with Gasteiger partial charge in [0, 0.05) is 26.2 Å². The molecule has 1 aliphatic carbocycles. The third-order valence-corrected chi connectivity index (χ3v) is 5.42. The number of fused-ring (bicyclic) bond motifs is 2. The summed E-state index contributed by atoms with van der Waals surface area (Å²) in [6.07, 6.45) is 7.41. The lowest BCUT2D eigenvalue weighted by atomic mass is 9.71. The van der Waals surface area contributed by atoms with E-state index < -0.39 is 5.54 Å². The van der Waals surface area contributed by atoms with Gasteiger partial charge in [-0.25, -0.2) is 0 Å². The largest absolute Gasteiger partial charge is 0.454 e. The normalized spacial score (nSPS) is 30.0. The molecule has 1 amide bonds. The lowest BCUT2D eigenvalue weighted by molar-refractivity contribution is -0.130. The summed E-state index contributed by atoms with van der Waals surface area (Å²) in [5.74, 6) is 1.66. The molecule has 3 heterocycles. The zero-order chi connectivity index (χ0) is 15.6. The number of ether oxygens (including phenoxy) is 3. The molecule has 0 aromatic heterocycles. The molecule has 5 heteroatoms. The highest BCUT2D eigenvalue weighted by molar-refractivity contribution is 5.95. The highest BCUT2D eigenvalue weighted by Gasteiger charge is 2.53. The molecule has 0 fully saturated rings. The van der Waals surface area contributed by atoms with Crippen molar-refractivity contribution in [3.63, 3.8) is 0 Å². The van der Waals surface area contributed by atoms with E-state index in [0.717, 1.165) is 42.0 Å². The van der Waals surface area contributed by atoms with E-state index >= 15 is 0 Å². The average molecular weight is 311 g/mol. The number of carbonyl (C=O) groups is 1. The van der Waals surface area contributed by atoms with Crippen molar-refractivity contribution < 1.29 is 19.0 Å². The number of nitrogens with zero attached hydrogens (tertiary/aromatic N) is 1. The highest BCUT2D eigenvalue weighted by Crippen LogP contribution is 2.53. The van der Waals surface area contributed by atoms with Gasteiger partial charge in [-0.1, -0.05) is 12.2 Å². The summed E-state index contributed by atoms with van der Waals surface area (Å²) in [6, 6.07) is 4.13. The van der Waals surface area contributed by atoms with E-state index in [2.05, 4.69) is 12.1 Å². The van der Waals surface area contributed by atoms with Crippen molar-refractivity contribution in [3.8, 4) is 11.5 Å². The molecule has 0 radical (unpaired) electrons. The van der Waals surface area contributed by atoms with Gasteiger partial charge in [0.25, 0.3) is 0 Å². The van der Waals surface area contributed by atoms with Crippen LogP contribution in [-0.2, 0) is 21.5 Å². The van der Waals surface area contributed by atoms with Crippen LogP contribution in [0.2, 0.25) is 0 Å². The molecule has 0 saturated carbocycles. The zero-order valence-corrected chi connectivity index (χ0v) is 12.9. The fourth-order valence-corrected chi connectivity index (χ4v) is 4.34. The van der Waals surface area contributed by atoms with Gasteiger partial charge >= 0.3 is 0 Å². The smallest absolute Gasteiger partial charge is 0.247 e.